The van der Waals surface area contributed by atoms with Crippen LogP contribution >= 0.6 is 23.1 Å². The number of hydrogen-bond donors (Lipinski definition) is 1. The first-order chi connectivity index (χ1) is 8.39. The fraction of sp³-hybridized carbons (Fsp3) is 0.667. The van der Waals surface area contributed by atoms with Crippen LogP contribution in [0, 0.1) is 0 Å². The van der Waals surface area contributed by atoms with Gasteiger partial charge in [0.25, 0.3) is 5.91 Å². The van der Waals surface area contributed by atoms with E-state index in [1.807, 2.05) is 29.0 Å². The van der Waals surface area contributed by atoms with Crippen molar-refractivity contribution >= 4 is 29.0 Å². The molecule has 1 saturated heterocycles. The molecule has 1 aromatic rings. The zero-order chi connectivity index (χ0) is 13.3. The van der Waals surface area contributed by atoms with E-state index in [0.717, 1.165) is 23.8 Å². The maximum absolute atomic E-state index is 12.3. The van der Waals surface area contributed by atoms with E-state index in [4.69, 9.17) is 5.73 Å². The van der Waals surface area contributed by atoms with Gasteiger partial charge < -0.3 is 10.6 Å². The highest BCUT2D eigenvalue weighted by atomic mass is 32.2. The monoisotopic (exact) mass is 285 g/mol. The average Bonchev–Trinajstić information content (AvgIpc) is 2.76. The van der Waals surface area contributed by atoms with Gasteiger partial charge in [0, 0.05) is 29.0 Å². The standard InChI is InChI=1S/C12H19N3OS2/c1-8(13)10-14-9(6-17-10)11(16)15-4-5-18-12(2,3)7-15/h6,8H,4-5,7,13H2,1-3H3. The Hall–Kier alpha value is -0.590. The molecule has 4 nitrogen and oxygen atoms in total. The lowest BCUT2D eigenvalue weighted by atomic mass is 10.2. The average molecular weight is 285 g/mol. The third-order valence-corrected chi connectivity index (χ3v) is 5.19. The van der Waals surface area contributed by atoms with Crippen molar-refractivity contribution in [3.05, 3.63) is 16.1 Å². The molecule has 1 aromatic heterocycles. The summed E-state index contributed by atoms with van der Waals surface area (Å²) >= 11 is 3.38. The number of thiazole rings is 1. The van der Waals surface area contributed by atoms with Crippen molar-refractivity contribution in [2.45, 2.75) is 31.6 Å². The third-order valence-electron chi connectivity index (χ3n) is 2.84. The summed E-state index contributed by atoms with van der Waals surface area (Å²) in [6.45, 7) is 7.81. The Morgan fingerprint density at radius 3 is 2.89 bits per heavy atom. The molecule has 0 spiro atoms. The second-order valence-electron chi connectivity index (χ2n) is 5.19. The van der Waals surface area contributed by atoms with Gasteiger partial charge in [-0.3, -0.25) is 4.79 Å². The van der Waals surface area contributed by atoms with Crippen molar-refractivity contribution in [1.82, 2.24) is 9.88 Å². The molecule has 1 aliphatic rings. The van der Waals surface area contributed by atoms with Gasteiger partial charge in [0.1, 0.15) is 10.7 Å². The summed E-state index contributed by atoms with van der Waals surface area (Å²) < 4.78 is 0.133. The van der Waals surface area contributed by atoms with Gasteiger partial charge in [0.05, 0.1) is 6.04 Å². The Balaban J connectivity index is 2.10. The lowest BCUT2D eigenvalue weighted by Crippen LogP contribution is -2.46. The Kier molecular flexibility index (Phi) is 3.99. The van der Waals surface area contributed by atoms with E-state index in [2.05, 4.69) is 18.8 Å². The van der Waals surface area contributed by atoms with E-state index < -0.39 is 0 Å². The highest BCUT2D eigenvalue weighted by molar-refractivity contribution is 8.00. The van der Waals surface area contributed by atoms with Crippen LogP contribution in [0.3, 0.4) is 0 Å². The molecule has 100 valence electrons. The minimum atomic E-state index is -0.107. The lowest BCUT2D eigenvalue weighted by Gasteiger charge is -2.37. The van der Waals surface area contributed by atoms with Gasteiger partial charge in [-0.05, 0) is 20.8 Å². The minimum Gasteiger partial charge on any atom is -0.335 e. The summed E-state index contributed by atoms with van der Waals surface area (Å²) in [7, 11) is 0. The summed E-state index contributed by atoms with van der Waals surface area (Å²) in [5, 5.41) is 2.64. The van der Waals surface area contributed by atoms with Crippen molar-refractivity contribution < 1.29 is 4.79 Å². The lowest BCUT2D eigenvalue weighted by molar-refractivity contribution is 0.0742. The number of thioether (sulfide) groups is 1. The second-order valence-corrected chi connectivity index (χ2v) is 7.89. The molecule has 1 unspecified atom stereocenters. The molecule has 2 N–H and O–H groups in total. The second kappa shape index (κ2) is 5.19. The highest BCUT2D eigenvalue weighted by Crippen LogP contribution is 2.30. The molecule has 1 fully saturated rings. The van der Waals surface area contributed by atoms with E-state index in [0.29, 0.717) is 5.69 Å². The van der Waals surface area contributed by atoms with Crippen LogP contribution in [0.4, 0.5) is 0 Å². The number of rotatable bonds is 2. The van der Waals surface area contributed by atoms with Crippen molar-refractivity contribution in [2.75, 3.05) is 18.8 Å². The third kappa shape index (κ3) is 3.05. The maximum Gasteiger partial charge on any atom is 0.273 e. The van der Waals surface area contributed by atoms with E-state index in [1.165, 1.54) is 11.3 Å². The number of nitrogens with zero attached hydrogens (tertiary/aromatic N) is 2. The van der Waals surface area contributed by atoms with Crippen molar-refractivity contribution in [3.8, 4) is 0 Å². The largest absolute Gasteiger partial charge is 0.335 e. The summed E-state index contributed by atoms with van der Waals surface area (Å²) in [5.41, 5.74) is 6.31. The van der Waals surface area contributed by atoms with Crippen molar-refractivity contribution in [2.24, 2.45) is 5.73 Å². The van der Waals surface area contributed by atoms with Gasteiger partial charge >= 0.3 is 0 Å². The molecule has 2 heterocycles. The first-order valence-electron chi connectivity index (χ1n) is 6.03. The van der Waals surface area contributed by atoms with Crippen molar-refractivity contribution in [3.63, 3.8) is 0 Å². The van der Waals surface area contributed by atoms with Crippen molar-refractivity contribution in [1.29, 1.82) is 0 Å². The summed E-state index contributed by atoms with van der Waals surface area (Å²) in [5.74, 6) is 1.02. The van der Waals surface area contributed by atoms with Gasteiger partial charge in [0.15, 0.2) is 0 Å². The van der Waals surface area contributed by atoms with Gasteiger partial charge in [-0.15, -0.1) is 11.3 Å². The number of nitrogens with two attached hydrogens (primary N) is 1. The van der Waals surface area contributed by atoms with Gasteiger partial charge in [-0.25, -0.2) is 4.98 Å². The molecule has 18 heavy (non-hydrogen) atoms. The quantitative estimate of drug-likeness (QED) is 0.904. The molecule has 0 aliphatic carbocycles. The van der Waals surface area contributed by atoms with Gasteiger partial charge in [0.2, 0.25) is 0 Å². The van der Waals surface area contributed by atoms with Crippen LogP contribution in [0.15, 0.2) is 5.38 Å². The van der Waals surface area contributed by atoms with Crippen LogP contribution in [0.2, 0.25) is 0 Å². The first kappa shape index (κ1) is 13.8. The normalized spacial score (nSPS) is 20.8. The molecule has 6 heteroatoms. The Bertz CT molecular complexity index is 442. The van der Waals surface area contributed by atoms with E-state index in [9.17, 15) is 4.79 Å². The Morgan fingerprint density at radius 1 is 1.61 bits per heavy atom. The number of hydrogen-bond acceptors (Lipinski definition) is 5. The number of aromatic nitrogens is 1. The summed E-state index contributed by atoms with van der Waals surface area (Å²) in [6.07, 6.45) is 0. The topological polar surface area (TPSA) is 59.2 Å². The molecule has 1 aliphatic heterocycles. The number of carbonyl (C=O) groups excluding carboxylic acids is 1. The fourth-order valence-corrected chi connectivity index (χ4v) is 3.81. The Labute approximate surface area is 116 Å². The zero-order valence-electron chi connectivity index (χ0n) is 11.0. The van der Waals surface area contributed by atoms with Crippen LogP contribution < -0.4 is 5.73 Å². The van der Waals surface area contributed by atoms with Gasteiger partial charge in [-0.2, -0.15) is 11.8 Å². The molecule has 0 radical (unpaired) electrons. The predicted molar refractivity (Wildman–Crippen MR) is 77.2 cm³/mol. The van der Waals surface area contributed by atoms with Crippen LogP contribution in [0.5, 0.6) is 0 Å². The maximum atomic E-state index is 12.3. The van der Waals surface area contributed by atoms with Crippen LogP contribution in [-0.2, 0) is 0 Å². The number of amides is 1. The van der Waals surface area contributed by atoms with Crippen LogP contribution in [0.25, 0.3) is 0 Å². The molecule has 1 amide bonds. The zero-order valence-corrected chi connectivity index (χ0v) is 12.6. The number of carbonyl (C=O) groups is 1. The van der Waals surface area contributed by atoms with Gasteiger partial charge in [-0.1, -0.05) is 0 Å². The first-order valence-corrected chi connectivity index (χ1v) is 7.90. The molecular weight excluding hydrogens is 266 g/mol. The van der Waals surface area contributed by atoms with E-state index >= 15 is 0 Å². The van der Waals surface area contributed by atoms with E-state index in [1.54, 1.807) is 0 Å². The molecule has 0 aromatic carbocycles. The Morgan fingerprint density at radius 2 is 2.33 bits per heavy atom. The molecule has 2 rings (SSSR count). The summed E-state index contributed by atoms with van der Waals surface area (Å²) in [4.78, 5) is 18.6. The minimum absolute atomic E-state index is 0.0338. The fourth-order valence-electron chi connectivity index (χ4n) is 1.95. The van der Waals surface area contributed by atoms with Crippen LogP contribution in [-0.4, -0.2) is 39.4 Å². The van der Waals surface area contributed by atoms with Crippen LogP contribution in [0.1, 0.15) is 42.3 Å². The molecule has 0 bridgehead atoms. The molecule has 1 atom stereocenters. The predicted octanol–water partition coefficient (Wildman–Crippen LogP) is 2.13. The summed E-state index contributed by atoms with van der Waals surface area (Å²) in [6, 6.07) is -0.107. The molecular formula is C12H19N3OS2. The molecule has 0 saturated carbocycles. The highest BCUT2D eigenvalue weighted by Gasteiger charge is 2.31. The van der Waals surface area contributed by atoms with E-state index in [-0.39, 0.29) is 16.7 Å². The smallest absolute Gasteiger partial charge is 0.273 e. The SMILES string of the molecule is CC(N)c1nc(C(=O)N2CCSC(C)(C)C2)cs1.